The van der Waals surface area contributed by atoms with E-state index in [1.165, 1.54) is 4.90 Å². The van der Waals surface area contributed by atoms with Crippen molar-refractivity contribution in [2.24, 2.45) is 5.73 Å². The number of rotatable bonds is 7. The van der Waals surface area contributed by atoms with Crippen molar-refractivity contribution in [3.8, 4) is 0 Å². The third-order valence-electron chi connectivity index (χ3n) is 3.45. The highest BCUT2D eigenvalue weighted by Crippen LogP contribution is 2.42. The van der Waals surface area contributed by atoms with E-state index in [1.54, 1.807) is 0 Å². The van der Waals surface area contributed by atoms with Crippen LogP contribution < -0.4 is 27.2 Å². The van der Waals surface area contributed by atoms with Crippen molar-refractivity contribution in [2.45, 2.75) is 31.5 Å². The molecule has 0 saturated carbocycles. The molecule has 1 aliphatic heterocycles. The molecule has 1 aromatic rings. The molecule has 0 radical (unpaired) electrons. The number of alkyl halides is 2. The maximum absolute atomic E-state index is 13.4. The number of aromatic amines is 1. The number of H-pyrrole nitrogens is 1. The molecule has 0 fully saturated rings. The Morgan fingerprint density at radius 3 is 2.67 bits per heavy atom. The van der Waals surface area contributed by atoms with Gasteiger partial charge >= 0.3 is 7.60 Å². The summed E-state index contributed by atoms with van der Waals surface area (Å²) in [6, 6.07) is 0. The Balaban J connectivity index is 1.92. The Kier molecular flexibility index (Phi) is 5.14. The molecular weight excluding hydrogens is 349 g/mol. The predicted molar refractivity (Wildman–Crippen MR) is 83.9 cm³/mol. The molecule has 24 heavy (non-hydrogen) atoms. The number of fused-ring (bicyclic) bond motifs is 1. The number of nitrogen functional groups attached to an aromatic ring is 1. The molecule has 2 rings (SSSR count). The van der Waals surface area contributed by atoms with Crippen molar-refractivity contribution in [1.29, 1.82) is 0 Å². The van der Waals surface area contributed by atoms with E-state index in [0.717, 1.165) is 0 Å². The summed E-state index contributed by atoms with van der Waals surface area (Å²) in [6.45, 7) is 0.225. The fourth-order valence-electron chi connectivity index (χ4n) is 2.46. The molecule has 10 nitrogen and oxygen atoms in total. The lowest BCUT2D eigenvalue weighted by molar-refractivity contribution is 0.00996. The molecule has 136 valence electrons. The fraction of sp³-hybridized carbons (Fsp3) is 0.636. The molecule has 0 amide bonds. The number of nitrogens with zero attached hydrogens (tertiary/aromatic N) is 2. The first-order chi connectivity index (χ1) is 11.0. The third kappa shape index (κ3) is 4.63. The number of halogens is 2. The summed E-state index contributed by atoms with van der Waals surface area (Å²) < 4.78 is 37.5. The van der Waals surface area contributed by atoms with Crippen LogP contribution in [0.2, 0.25) is 0 Å². The molecule has 2 heterocycles. The summed E-state index contributed by atoms with van der Waals surface area (Å²) in [5.41, 5.74) is 11.0. The Morgan fingerprint density at radius 1 is 1.38 bits per heavy atom. The van der Waals surface area contributed by atoms with E-state index >= 15 is 0 Å². The molecule has 13 heteroatoms. The van der Waals surface area contributed by atoms with Crippen molar-refractivity contribution < 1.29 is 23.1 Å². The van der Waals surface area contributed by atoms with E-state index in [0.29, 0.717) is 0 Å². The van der Waals surface area contributed by atoms with Gasteiger partial charge in [-0.2, -0.15) is 4.98 Å². The first-order valence-corrected chi connectivity index (χ1v) is 8.89. The van der Waals surface area contributed by atoms with Gasteiger partial charge in [0, 0.05) is 13.0 Å². The second-order valence-electron chi connectivity index (χ2n) is 5.57. The number of nitrogens with two attached hydrogens (primary N) is 2. The highest BCUT2D eigenvalue weighted by atomic mass is 31.2. The highest BCUT2D eigenvalue weighted by Gasteiger charge is 2.37. The van der Waals surface area contributed by atoms with E-state index in [4.69, 9.17) is 21.3 Å². The van der Waals surface area contributed by atoms with Gasteiger partial charge in [0.25, 0.3) is 11.5 Å². The van der Waals surface area contributed by atoms with E-state index < -0.39 is 38.0 Å². The van der Waals surface area contributed by atoms with Crippen LogP contribution in [0.5, 0.6) is 0 Å². The Morgan fingerprint density at radius 2 is 2.04 bits per heavy atom. The number of aromatic nitrogens is 2. The van der Waals surface area contributed by atoms with Crippen LogP contribution in [-0.4, -0.2) is 44.7 Å². The first-order valence-electron chi connectivity index (χ1n) is 7.09. The SMILES string of the molecule is Nc1nc2c(c(=O)[nH]1)NC(N)N2CCCCC(F)(F)CP(=O)(O)O. The van der Waals surface area contributed by atoms with Crippen molar-refractivity contribution >= 4 is 25.0 Å². The van der Waals surface area contributed by atoms with Crippen LogP contribution in [0.15, 0.2) is 4.79 Å². The second-order valence-corrected chi connectivity index (χ2v) is 7.21. The maximum Gasteiger partial charge on any atom is 0.331 e. The summed E-state index contributed by atoms with van der Waals surface area (Å²) in [5, 5.41) is 2.72. The van der Waals surface area contributed by atoms with Gasteiger partial charge < -0.3 is 25.7 Å². The van der Waals surface area contributed by atoms with E-state index in [-0.39, 0.29) is 36.8 Å². The number of nitrogens with one attached hydrogen (secondary N) is 2. The summed E-state index contributed by atoms with van der Waals surface area (Å²) in [6.07, 6.45) is -2.59. The van der Waals surface area contributed by atoms with Gasteiger partial charge in [0.2, 0.25) is 5.95 Å². The van der Waals surface area contributed by atoms with Gasteiger partial charge in [-0.1, -0.05) is 0 Å². The third-order valence-corrected chi connectivity index (χ3v) is 4.32. The lowest BCUT2D eigenvalue weighted by atomic mass is 10.1. The molecule has 0 aliphatic carbocycles. The average molecular weight is 368 g/mol. The van der Waals surface area contributed by atoms with Gasteiger partial charge in [-0.05, 0) is 12.8 Å². The van der Waals surface area contributed by atoms with Gasteiger partial charge in [0.1, 0.15) is 11.8 Å². The normalized spacial score (nSPS) is 17.7. The van der Waals surface area contributed by atoms with Crippen LogP contribution in [0.25, 0.3) is 0 Å². The average Bonchev–Trinajstić information content (AvgIpc) is 2.69. The fourth-order valence-corrected chi connectivity index (χ4v) is 3.23. The number of unbranched alkanes of at least 4 members (excludes halogenated alkanes) is 1. The Bertz CT molecular complexity index is 708. The van der Waals surface area contributed by atoms with E-state index in [1.807, 2.05) is 0 Å². The lowest BCUT2D eigenvalue weighted by Gasteiger charge is -2.23. The van der Waals surface area contributed by atoms with Crippen LogP contribution >= 0.6 is 7.60 Å². The molecule has 0 saturated heterocycles. The molecule has 0 aromatic carbocycles. The van der Waals surface area contributed by atoms with Crippen molar-refractivity contribution in [2.75, 3.05) is 28.7 Å². The molecule has 1 unspecified atom stereocenters. The van der Waals surface area contributed by atoms with Crippen molar-refractivity contribution in [3.05, 3.63) is 10.4 Å². The number of hydrogen-bond donors (Lipinski definition) is 6. The maximum atomic E-state index is 13.4. The van der Waals surface area contributed by atoms with Gasteiger partial charge in [0.05, 0.1) is 0 Å². The zero-order valence-corrected chi connectivity index (χ0v) is 13.5. The van der Waals surface area contributed by atoms with Crippen LogP contribution in [-0.2, 0) is 4.57 Å². The molecule has 1 aliphatic rings. The standard InChI is InChI=1S/C11H19F2N6O4P/c12-11(13,5-24(21,22)23)3-1-2-4-19-7-6(16-10(19)15)8(20)18-9(14)17-7/h10,16H,1-5,15H2,(H2,21,22,23)(H3,14,17,18,20). The smallest absolute Gasteiger partial charge is 0.331 e. The monoisotopic (exact) mass is 368 g/mol. The van der Waals surface area contributed by atoms with Crippen molar-refractivity contribution in [3.63, 3.8) is 0 Å². The topological polar surface area (TPSA) is 171 Å². The molecule has 8 N–H and O–H groups in total. The minimum atomic E-state index is -4.77. The zero-order chi connectivity index (χ0) is 18.1. The van der Waals surface area contributed by atoms with Crippen LogP contribution in [0.1, 0.15) is 19.3 Å². The zero-order valence-electron chi connectivity index (χ0n) is 12.6. The quantitative estimate of drug-likeness (QED) is 0.282. The van der Waals surface area contributed by atoms with Crippen LogP contribution in [0, 0.1) is 0 Å². The molecule has 0 spiro atoms. The van der Waals surface area contributed by atoms with Gasteiger partial charge in [-0.25, -0.2) is 8.78 Å². The minimum Gasteiger partial charge on any atom is -0.369 e. The highest BCUT2D eigenvalue weighted by molar-refractivity contribution is 7.51. The molecule has 1 aromatic heterocycles. The van der Waals surface area contributed by atoms with Crippen molar-refractivity contribution in [1.82, 2.24) is 9.97 Å². The molecule has 1 atom stereocenters. The van der Waals surface area contributed by atoms with Gasteiger partial charge in [0.15, 0.2) is 12.1 Å². The summed E-state index contributed by atoms with van der Waals surface area (Å²) in [4.78, 5) is 36.8. The van der Waals surface area contributed by atoms with Gasteiger partial charge in [-0.3, -0.25) is 20.1 Å². The number of hydrogen-bond acceptors (Lipinski definition) is 7. The second kappa shape index (κ2) is 6.63. The van der Waals surface area contributed by atoms with E-state index in [2.05, 4.69) is 15.3 Å². The number of anilines is 3. The Labute approximate surface area is 135 Å². The van der Waals surface area contributed by atoms with Gasteiger partial charge in [-0.15, -0.1) is 0 Å². The summed E-state index contributed by atoms with van der Waals surface area (Å²) >= 11 is 0. The molecule has 0 bridgehead atoms. The minimum absolute atomic E-state index is 0.0181. The summed E-state index contributed by atoms with van der Waals surface area (Å²) in [7, 11) is -4.77. The predicted octanol–water partition coefficient (Wildman–Crippen LogP) is -0.190. The largest absolute Gasteiger partial charge is 0.369 e. The molecular formula is C11H19F2N6O4P. The van der Waals surface area contributed by atoms with E-state index in [9.17, 15) is 18.1 Å². The summed E-state index contributed by atoms with van der Waals surface area (Å²) in [5.74, 6) is -3.29. The lowest BCUT2D eigenvalue weighted by Crippen LogP contribution is -2.44. The Hall–Kier alpha value is -1.75. The van der Waals surface area contributed by atoms with Crippen LogP contribution in [0.4, 0.5) is 26.2 Å². The van der Waals surface area contributed by atoms with Crippen LogP contribution in [0.3, 0.4) is 0 Å². The first kappa shape index (κ1) is 18.6.